The largest absolute Gasteiger partial charge is 0.416 e. The quantitative estimate of drug-likeness (QED) is 0.721. The van der Waals surface area contributed by atoms with E-state index in [1.54, 1.807) is 11.0 Å². The molecule has 2 aromatic carbocycles. The molecule has 3 nitrogen and oxygen atoms in total. The fourth-order valence-electron chi connectivity index (χ4n) is 3.07. The minimum absolute atomic E-state index is 0.0286. The van der Waals surface area contributed by atoms with Gasteiger partial charge in [0.2, 0.25) is 0 Å². The summed E-state index contributed by atoms with van der Waals surface area (Å²) >= 11 is 0. The summed E-state index contributed by atoms with van der Waals surface area (Å²) in [5.74, 6) is -0.939. The zero-order chi connectivity index (χ0) is 19.4. The van der Waals surface area contributed by atoms with Crippen molar-refractivity contribution in [3.8, 4) is 0 Å². The fourth-order valence-corrected chi connectivity index (χ4v) is 3.07. The highest BCUT2D eigenvalue weighted by Gasteiger charge is 2.30. The van der Waals surface area contributed by atoms with Gasteiger partial charge in [-0.3, -0.25) is 4.79 Å². The summed E-state index contributed by atoms with van der Waals surface area (Å²) in [6.45, 7) is 1.01. The van der Waals surface area contributed by atoms with E-state index in [9.17, 15) is 22.4 Å². The molecule has 0 radical (unpaired) electrons. The number of alkyl halides is 3. The Hall–Kier alpha value is -2.41. The maximum atomic E-state index is 13.8. The van der Waals surface area contributed by atoms with Crippen LogP contribution in [0, 0.1) is 5.82 Å². The van der Waals surface area contributed by atoms with E-state index < -0.39 is 17.6 Å². The van der Waals surface area contributed by atoms with Crippen molar-refractivity contribution in [2.75, 3.05) is 13.1 Å². The third kappa shape index (κ3) is 4.86. The summed E-state index contributed by atoms with van der Waals surface area (Å²) < 4.78 is 57.4. The summed E-state index contributed by atoms with van der Waals surface area (Å²) in [6, 6.07) is 10.6. The van der Waals surface area contributed by atoms with Gasteiger partial charge in [-0.15, -0.1) is 0 Å². The lowest BCUT2D eigenvalue weighted by atomic mass is 10.1. The molecule has 2 aromatic rings. The van der Waals surface area contributed by atoms with Crippen LogP contribution in [0.5, 0.6) is 0 Å². The van der Waals surface area contributed by atoms with Gasteiger partial charge in [0, 0.05) is 13.1 Å². The Kier molecular flexibility index (Phi) is 5.79. The third-order valence-electron chi connectivity index (χ3n) is 4.54. The highest BCUT2D eigenvalue weighted by Crippen LogP contribution is 2.29. The first kappa shape index (κ1) is 19.4. The molecular weight excluding hydrogens is 362 g/mol. The second kappa shape index (κ2) is 8.08. The van der Waals surface area contributed by atoms with Crippen LogP contribution >= 0.6 is 0 Å². The lowest BCUT2D eigenvalue weighted by molar-refractivity contribution is -0.137. The molecule has 7 heteroatoms. The number of rotatable bonds is 4. The Morgan fingerprint density at radius 1 is 1.11 bits per heavy atom. The number of ether oxygens (including phenoxy) is 1. The fraction of sp³-hybridized carbons (Fsp3) is 0.350. The average Bonchev–Trinajstić information content (AvgIpc) is 2.66. The minimum atomic E-state index is -4.36. The van der Waals surface area contributed by atoms with E-state index in [2.05, 4.69) is 0 Å². The normalized spacial score (nSPS) is 17.8. The molecular formula is C20H19F4NO2. The van der Waals surface area contributed by atoms with Gasteiger partial charge >= 0.3 is 6.18 Å². The number of hydrogen-bond acceptors (Lipinski definition) is 2. The SMILES string of the molecule is O=C(c1ccccc1F)N1CCC[C@H](OCc2ccc(C(F)(F)F)cc2)C1. The van der Waals surface area contributed by atoms with E-state index in [-0.39, 0.29) is 24.2 Å². The molecule has 1 aliphatic rings. The average molecular weight is 381 g/mol. The van der Waals surface area contributed by atoms with Gasteiger partial charge in [-0.05, 0) is 42.7 Å². The number of halogens is 4. The minimum Gasteiger partial charge on any atom is -0.372 e. The standard InChI is InChI=1S/C20H19F4NO2/c21-18-6-2-1-5-17(18)19(26)25-11-3-4-16(12-25)27-13-14-7-9-15(10-8-14)20(22,23)24/h1-2,5-10,16H,3-4,11-13H2/t16-/m0/s1. The number of amides is 1. The van der Waals surface area contributed by atoms with Gasteiger partial charge in [0.15, 0.2) is 0 Å². The molecule has 27 heavy (non-hydrogen) atoms. The Morgan fingerprint density at radius 2 is 1.81 bits per heavy atom. The van der Waals surface area contributed by atoms with E-state index in [0.717, 1.165) is 25.0 Å². The summed E-state index contributed by atoms with van der Waals surface area (Å²) in [6.07, 6.45) is -3.15. The molecule has 1 fully saturated rings. The Labute approximate surface area is 154 Å². The van der Waals surface area contributed by atoms with Gasteiger partial charge in [-0.2, -0.15) is 13.2 Å². The molecule has 1 aliphatic heterocycles. The van der Waals surface area contributed by atoms with E-state index in [4.69, 9.17) is 4.74 Å². The number of hydrogen-bond donors (Lipinski definition) is 0. The van der Waals surface area contributed by atoms with Crippen LogP contribution in [0.4, 0.5) is 17.6 Å². The van der Waals surface area contributed by atoms with Crippen molar-refractivity contribution in [3.05, 3.63) is 71.0 Å². The molecule has 144 valence electrons. The molecule has 0 saturated carbocycles. The number of carbonyl (C=O) groups is 1. The van der Waals surface area contributed by atoms with E-state index in [1.807, 2.05) is 0 Å². The molecule has 0 N–H and O–H groups in total. The van der Waals surface area contributed by atoms with Gasteiger partial charge in [-0.1, -0.05) is 24.3 Å². The van der Waals surface area contributed by atoms with Crippen molar-refractivity contribution >= 4 is 5.91 Å². The predicted molar refractivity (Wildman–Crippen MR) is 91.6 cm³/mol. The zero-order valence-electron chi connectivity index (χ0n) is 14.5. The highest BCUT2D eigenvalue weighted by molar-refractivity contribution is 5.94. The van der Waals surface area contributed by atoms with E-state index >= 15 is 0 Å². The molecule has 0 bridgehead atoms. The predicted octanol–water partition coefficient (Wildman–Crippen LogP) is 4.67. The van der Waals surface area contributed by atoms with Crippen molar-refractivity contribution in [1.82, 2.24) is 4.90 Å². The zero-order valence-corrected chi connectivity index (χ0v) is 14.5. The van der Waals surface area contributed by atoms with Crippen LogP contribution in [0.25, 0.3) is 0 Å². The van der Waals surface area contributed by atoms with Crippen LogP contribution in [0.2, 0.25) is 0 Å². The maximum absolute atomic E-state index is 13.8. The molecule has 0 aliphatic carbocycles. The molecule has 1 amide bonds. The topological polar surface area (TPSA) is 29.5 Å². The third-order valence-corrected chi connectivity index (χ3v) is 4.54. The molecule has 0 aromatic heterocycles. The maximum Gasteiger partial charge on any atom is 0.416 e. The van der Waals surface area contributed by atoms with Crippen LogP contribution in [0.3, 0.4) is 0 Å². The first-order valence-electron chi connectivity index (χ1n) is 8.66. The number of piperidine rings is 1. The van der Waals surface area contributed by atoms with Crippen LogP contribution in [0.15, 0.2) is 48.5 Å². The van der Waals surface area contributed by atoms with Crippen molar-refractivity contribution in [2.24, 2.45) is 0 Å². The smallest absolute Gasteiger partial charge is 0.372 e. The molecule has 0 unspecified atom stereocenters. The summed E-state index contributed by atoms with van der Waals surface area (Å²) in [4.78, 5) is 14.1. The lowest BCUT2D eigenvalue weighted by Crippen LogP contribution is -2.43. The van der Waals surface area contributed by atoms with Crippen LogP contribution in [-0.4, -0.2) is 30.0 Å². The number of benzene rings is 2. The van der Waals surface area contributed by atoms with Gasteiger partial charge < -0.3 is 9.64 Å². The molecule has 1 atom stereocenters. The van der Waals surface area contributed by atoms with E-state index in [0.29, 0.717) is 18.7 Å². The van der Waals surface area contributed by atoms with Crippen molar-refractivity contribution in [1.29, 1.82) is 0 Å². The number of nitrogens with zero attached hydrogens (tertiary/aromatic N) is 1. The molecule has 3 rings (SSSR count). The van der Waals surface area contributed by atoms with Crippen molar-refractivity contribution in [3.63, 3.8) is 0 Å². The van der Waals surface area contributed by atoms with Crippen molar-refractivity contribution < 1.29 is 27.1 Å². The van der Waals surface area contributed by atoms with Gasteiger partial charge in [-0.25, -0.2) is 4.39 Å². The lowest BCUT2D eigenvalue weighted by Gasteiger charge is -2.32. The molecule has 1 heterocycles. The number of carbonyl (C=O) groups excluding carboxylic acids is 1. The van der Waals surface area contributed by atoms with Gasteiger partial charge in [0.05, 0.1) is 23.8 Å². The Morgan fingerprint density at radius 3 is 2.48 bits per heavy atom. The van der Waals surface area contributed by atoms with Crippen molar-refractivity contribution in [2.45, 2.75) is 31.7 Å². The first-order valence-corrected chi connectivity index (χ1v) is 8.66. The van der Waals surface area contributed by atoms with Gasteiger partial charge in [0.25, 0.3) is 5.91 Å². The summed E-state index contributed by atoms with van der Waals surface area (Å²) in [5, 5.41) is 0. The van der Waals surface area contributed by atoms with Crippen LogP contribution in [-0.2, 0) is 17.5 Å². The van der Waals surface area contributed by atoms with E-state index in [1.165, 1.54) is 30.3 Å². The first-order chi connectivity index (χ1) is 12.8. The monoisotopic (exact) mass is 381 g/mol. The Bertz CT molecular complexity index is 789. The number of likely N-dealkylation sites (tertiary alicyclic amines) is 1. The molecule has 0 spiro atoms. The highest BCUT2D eigenvalue weighted by atomic mass is 19.4. The van der Waals surface area contributed by atoms with Crippen LogP contribution < -0.4 is 0 Å². The second-order valence-electron chi connectivity index (χ2n) is 6.50. The van der Waals surface area contributed by atoms with Crippen LogP contribution in [0.1, 0.15) is 34.3 Å². The molecule has 1 saturated heterocycles. The Balaban J connectivity index is 1.57. The second-order valence-corrected chi connectivity index (χ2v) is 6.50. The summed E-state index contributed by atoms with van der Waals surface area (Å²) in [5.41, 5.74) is -0.0491. The summed E-state index contributed by atoms with van der Waals surface area (Å²) in [7, 11) is 0. The van der Waals surface area contributed by atoms with Gasteiger partial charge in [0.1, 0.15) is 5.82 Å².